The highest BCUT2D eigenvalue weighted by Crippen LogP contribution is 2.34. The molecule has 1 aromatic heterocycles. The summed E-state index contributed by atoms with van der Waals surface area (Å²) in [5, 5.41) is 11.5. The van der Waals surface area contributed by atoms with Gasteiger partial charge in [-0.05, 0) is 61.9 Å². The van der Waals surface area contributed by atoms with Crippen LogP contribution >= 0.6 is 11.6 Å². The van der Waals surface area contributed by atoms with Crippen molar-refractivity contribution in [3.63, 3.8) is 0 Å². The summed E-state index contributed by atoms with van der Waals surface area (Å²) in [6.45, 7) is 5.06. The molecular weight excluding hydrogens is 462 g/mol. The highest BCUT2D eigenvalue weighted by molar-refractivity contribution is 6.30. The van der Waals surface area contributed by atoms with Gasteiger partial charge < -0.3 is 19.3 Å². The smallest absolute Gasteiger partial charge is 0.227 e. The van der Waals surface area contributed by atoms with E-state index in [4.69, 9.17) is 21.3 Å². The van der Waals surface area contributed by atoms with Crippen LogP contribution in [0.3, 0.4) is 0 Å². The molecule has 0 unspecified atom stereocenters. The SMILES string of the molecule is Cc1ccc(OC[C@@H](O)Cn2c([C@H]3CC(=O)N(c4ccc(Cl)cc4)C3)nc3ccccc32)c(C)c1. The van der Waals surface area contributed by atoms with E-state index in [9.17, 15) is 9.90 Å². The van der Waals surface area contributed by atoms with Crippen molar-refractivity contribution in [1.29, 1.82) is 0 Å². The Balaban J connectivity index is 1.37. The average Bonchev–Trinajstić information content (AvgIpc) is 3.40. The summed E-state index contributed by atoms with van der Waals surface area (Å²) in [6.07, 6.45) is -0.377. The lowest BCUT2D eigenvalue weighted by molar-refractivity contribution is -0.117. The standard InChI is InChI=1S/C28H28ClN3O3/c1-18-7-12-26(19(2)13-18)35-17-23(33)16-32-25-6-4-3-5-24(25)30-28(32)20-14-27(34)31(15-20)22-10-8-21(29)9-11-22/h3-13,20,23,33H,14-17H2,1-2H3/t20-,23-/m0/s1. The number of benzene rings is 3. The number of aliphatic hydroxyl groups is 1. The normalized spacial score (nSPS) is 16.7. The number of ether oxygens (including phenoxy) is 1. The van der Waals surface area contributed by atoms with Crippen molar-refractivity contribution in [2.45, 2.75) is 38.8 Å². The second-order valence-electron chi connectivity index (χ2n) is 9.18. The molecule has 1 N–H and O–H groups in total. The first-order chi connectivity index (χ1) is 16.9. The van der Waals surface area contributed by atoms with Crippen LogP contribution in [0.2, 0.25) is 5.02 Å². The monoisotopic (exact) mass is 489 g/mol. The fourth-order valence-corrected chi connectivity index (χ4v) is 4.89. The van der Waals surface area contributed by atoms with Crippen LogP contribution < -0.4 is 9.64 Å². The maximum Gasteiger partial charge on any atom is 0.227 e. The van der Waals surface area contributed by atoms with Crippen molar-refractivity contribution in [1.82, 2.24) is 9.55 Å². The van der Waals surface area contributed by atoms with Crippen LogP contribution in [-0.2, 0) is 11.3 Å². The van der Waals surface area contributed by atoms with Crippen LogP contribution in [0.1, 0.15) is 29.3 Å². The molecule has 0 spiro atoms. The largest absolute Gasteiger partial charge is 0.491 e. The molecule has 7 heteroatoms. The summed E-state index contributed by atoms with van der Waals surface area (Å²) in [7, 11) is 0. The zero-order valence-corrected chi connectivity index (χ0v) is 20.6. The summed E-state index contributed by atoms with van der Waals surface area (Å²) in [4.78, 5) is 19.6. The number of anilines is 1. The molecule has 1 saturated heterocycles. The lowest BCUT2D eigenvalue weighted by Gasteiger charge is -2.19. The molecule has 35 heavy (non-hydrogen) atoms. The number of carbonyl (C=O) groups excluding carboxylic acids is 1. The first-order valence-electron chi connectivity index (χ1n) is 11.8. The predicted octanol–water partition coefficient (Wildman–Crippen LogP) is 5.27. The molecule has 0 aliphatic carbocycles. The topological polar surface area (TPSA) is 67.6 Å². The van der Waals surface area contributed by atoms with Gasteiger partial charge in [-0.25, -0.2) is 4.98 Å². The Labute approximate surface area is 209 Å². The lowest BCUT2D eigenvalue weighted by atomic mass is 10.1. The molecule has 3 aromatic carbocycles. The number of halogens is 1. The Hall–Kier alpha value is -3.35. The molecule has 1 fully saturated rings. The van der Waals surface area contributed by atoms with Crippen LogP contribution in [-0.4, -0.2) is 39.8 Å². The number of aliphatic hydroxyl groups excluding tert-OH is 1. The van der Waals surface area contributed by atoms with Gasteiger partial charge in [0.25, 0.3) is 0 Å². The number of hydrogen-bond acceptors (Lipinski definition) is 4. The van der Waals surface area contributed by atoms with Crippen molar-refractivity contribution in [3.8, 4) is 5.75 Å². The van der Waals surface area contributed by atoms with Crippen molar-refractivity contribution in [3.05, 3.63) is 88.7 Å². The number of para-hydroxylation sites is 2. The number of aryl methyl sites for hydroxylation is 2. The molecule has 2 heterocycles. The van der Waals surface area contributed by atoms with E-state index in [1.807, 2.05) is 66.9 Å². The van der Waals surface area contributed by atoms with E-state index in [2.05, 4.69) is 6.07 Å². The van der Waals surface area contributed by atoms with E-state index in [1.165, 1.54) is 5.56 Å². The molecule has 1 aliphatic rings. The van der Waals surface area contributed by atoms with E-state index in [-0.39, 0.29) is 18.4 Å². The number of carbonyl (C=O) groups is 1. The van der Waals surface area contributed by atoms with Gasteiger partial charge in [0.05, 0.1) is 17.6 Å². The van der Waals surface area contributed by atoms with Gasteiger partial charge in [0, 0.05) is 29.6 Å². The minimum atomic E-state index is -0.739. The van der Waals surface area contributed by atoms with Crippen LogP contribution in [0.15, 0.2) is 66.7 Å². The van der Waals surface area contributed by atoms with E-state index in [0.29, 0.717) is 24.5 Å². The number of fused-ring (bicyclic) bond motifs is 1. The van der Waals surface area contributed by atoms with Gasteiger partial charge in [0.1, 0.15) is 24.3 Å². The molecule has 2 atom stereocenters. The second kappa shape index (κ2) is 9.72. The predicted molar refractivity (Wildman–Crippen MR) is 138 cm³/mol. The maximum absolute atomic E-state index is 12.9. The van der Waals surface area contributed by atoms with Gasteiger partial charge in [0.2, 0.25) is 5.91 Å². The van der Waals surface area contributed by atoms with Crippen molar-refractivity contribution in [2.75, 3.05) is 18.1 Å². The first kappa shape index (κ1) is 23.4. The summed E-state index contributed by atoms with van der Waals surface area (Å²) in [6, 6.07) is 21.2. The third kappa shape index (κ3) is 4.90. The summed E-state index contributed by atoms with van der Waals surface area (Å²) in [5.74, 6) is 1.54. The van der Waals surface area contributed by atoms with Crippen LogP contribution in [0.25, 0.3) is 11.0 Å². The van der Waals surface area contributed by atoms with Gasteiger partial charge in [-0.3, -0.25) is 4.79 Å². The molecule has 0 saturated carbocycles. The summed E-state index contributed by atoms with van der Waals surface area (Å²) >= 11 is 6.02. The van der Waals surface area contributed by atoms with Crippen LogP contribution in [0.4, 0.5) is 5.69 Å². The Morgan fingerprint density at radius 3 is 2.66 bits per heavy atom. The fourth-order valence-electron chi connectivity index (χ4n) is 4.76. The van der Waals surface area contributed by atoms with Gasteiger partial charge in [-0.2, -0.15) is 0 Å². The average molecular weight is 490 g/mol. The third-order valence-corrected chi connectivity index (χ3v) is 6.72. The Bertz CT molecular complexity index is 1370. The Morgan fingerprint density at radius 2 is 1.89 bits per heavy atom. The van der Waals surface area contributed by atoms with Gasteiger partial charge in [-0.15, -0.1) is 0 Å². The number of rotatable bonds is 7. The highest BCUT2D eigenvalue weighted by atomic mass is 35.5. The lowest BCUT2D eigenvalue weighted by Crippen LogP contribution is -2.26. The number of aromatic nitrogens is 2. The molecule has 0 bridgehead atoms. The van der Waals surface area contributed by atoms with Crippen LogP contribution in [0.5, 0.6) is 5.75 Å². The van der Waals surface area contributed by atoms with E-state index >= 15 is 0 Å². The van der Waals surface area contributed by atoms with Crippen molar-refractivity contribution >= 4 is 34.2 Å². The van der Waals surface area contributed by atoms with Crippen molar-refractivity contribution in [2.24, 2.45) is 0 Å². The number of imidazole rings is 1. The second-order valence-corrected chi connectivity index (χ2v) is 9.62. The molecule has 4 aromatic rings. The minimum absolute atomic E-state index is 0.0506. The molecule has 1 aliphatic heterocycles. The van der Waals surface area contributed by atoms with E-state index in [1.54, 1.807) is 17.0 Å². The van der Waals surface area contributed by atoms with Crippen molar-refractivity contribution < 1.29 is 14.6 Å². The van der Waals surface area contributed by atoms with Gasteiger partial charge >= 0.3 is 0 Å². The van der Waals surface area contributed by atoms with Gasteiger partial charge in [-0.1, -0.05) is 41.4 Å². The number of amides is 1. The first-order valence-corrected chi connectivity index (χ1v) is 12.2. The summed E-state index contributed by atoms with van der Waals surface area (Å²) < 4.78 is 7.96. The number of hydrogen-bond donors (Lipinski definition) is 1. The number of nitrogens with zero attached hydrogens (tertiary/aromatic N) is 3. The van der Waals surface area contributed by atoms with Gasteiger partial charge in [0.15, 0.2) is 0 Å². The minimum Gasteiger partial charge on any atom is -0.491 e. The molecule has 6 nitrogen and oxygen atoms in total. The quantitative estimate of drug-likeness (QED) is 0.384. The zero-order valence-electron chi connectivity index (χ0n) is 19.8. The van der Waals surface area contributed by atoms with E-state index < -0.39 is 6.10 Å². The molecule has 180 valence electrons. The fraction of sp³-hybridized carbons (Fsp3) is 0.286. The maximum atomic E-state index is 12.9. The Kier molecular flexibility index (Phi) is 6.50. The van der Waals surface area contributed by atoms with Crippen LogP contribution in [0, 0.1) is 13.8 Å². The van der Waals surface area contributed by atoms with E-state index in [0.717, 1.165) is 33.9 Å². The third-order valence-electron chi connectivity index (χ3n) is 6.47. The molecule has 5 rings (SSSR count). The molecular formula is C28H28ClN3O3. The highest BCUT2D eigenvalue weighted by Gasteiger charge is 2.35. The molecule has 1 amide bonds. The zero-order chi connectivity index (χ0) is 24.5. The summed E-state index contributed by atoms with van der Waals surface area (Å²) in [5.41, 5.74) is 4.82. The Morgan fingerprint density at radius 1 is 1.11 bits per heavy atom. The molecule has 0 radical (unpaired) electrons.